The summed E-state index contributed by atoms with van der Waals surface area (Å²) in [7, 11) is 0. The number of benzene rings is 3. The fraction of sp³-hybridized carbons (Fsp3) is 0.240. The Labute approximate surface area is 175 Å². The molecule has 0 saturated heterocycles. The molecule has 0 fully saturated rings. The van der Waals surface area contributed by atoms with Crippen LogP contribution in [-0.2, 0) is 6.42 Å². The molecule has 2 aliphatic heterocycles. The number of para-hydroxylation sites is 1. The number of fused-ring (bicyclic) bond motifs is 2. The van der Waals surface area contributed by atoms with Gasteiger partial charge in [0.2, 0.25) is 0 Å². The Balaban J connectivity index is 1.50. The van der Waals surface area contributed by atoms with Gasteiger partial charge >= 0.3 is 0 Å². The predicted molar refractivity (Wildman–Crippen MR) is 113 cm³/mol. The Morgan fingerprint density at radius 3 is 2.53 bits per heavy atom. The van der Waals surface area contributed by atoms with E-state index in [0.717, 1.165) is 36.3 Å². The molecule has 3 aromatic rings. The summed E-state index contributed by atoms with van der Waals surface area (Å²) < 4.78 is 17.1. The number of aryl methyl sites for hydroxylation is 1. The zero-order valence-corrected chi connectivity index (χ0v) is 16.6. The van der Waals surface area contributed by atoms with E-state index in [4.69, 9.17) is 14.2 Å². The number of ether oxygens (including phenoxy) is 3. The first-order valence-electron chi connectivity index (χ1n) is 10.3. The van der Waals surface area contributed by atoms with E-state index < -0.39 is 0 Å². The third-order valence-corrected chi connectivity index (χ3v) is 5.49. The van der Waals surface area contributed by atoms with Crippen LogP contribution < -0.4 is 19.5 Å². The summed E-state index contributed by atoms with van der Waals surface area (Å²) in [6, 6.07) is 21.3. The molecule has 3 aromatic carbocycles. The second kappa shape index (κ2) is 8.11. The van der Waals surface area contributed by atoms with Crippen LogP contribution in [0, 0.1) is 0 Å². The highest BCUT2D eigenvalue weighted by atomic mass is 16.6. The van der Waals surface area contributed by atoms with Crippen molar-refractivity contribution in [3.63, 3.8) is 0 Å². The van der Waals surface area contributed by atoms with E-state index in [0.29, 0.717) is 30.3 Å². The molecule has 5 heteroatoms. The third kappa shape index (κ3) is 3.59. The predicted octanol–water partition coefficient (Wildman–Crippen LogP) is 4.30. The average Bonchev–Trinajstić information content (AvgIpc) is 2.82. The Morgan fingerprint density at radius 2 is 1.63 bits per heavy atom. The van der Waals surface area contributed by atoms with Crippen molar-refractivity contribution in [3.05, 3.63) is 89.0 Å². The molecule has 1 unspecified atom stereocenters. The number of hydrogen-bond donors (Lipinski definition) is 1. The number of nitrogens with one attached hydrogen (secondary N) is 1. The minimum atomic E-state index is -0.286. The Hall–Kier alpha value is -3.47. The van der Waals surface area contributed by atoms with Crippen LogP contribution in [0.4, 0.5) is 0 Å². The van der Waals surface area contributed by atoms with Crippen LogP contribution in [0.15, 0.2) is 66.7 Å². The quantitative estimate of drug-likeness (QED) is 0.708. The molecular weight excluding hydrogens is 378 g/mol. The van der Waals surface area contributed by atoms with Gasteiger partial charge in [0.25, 0.3) is 5.91 Å². The maximum atomic E-state index is 13.3. The van der Waals surface area contributed by atoms with Gasteiger partial charge in [0.15, 0.2) is 11.5 Å². The van der Waals surface area contributed by atoms with Gasteiger partial charge in [0, 0.05) is 0 Å². The van der Waals surface area contributed by atoms with E-state index >= 15 is 0 Å². The van der Waals surface area contributed by atoms with E-state index in [1.165, 1.54) is 5.56 Å². The minimum Gasteiger partial charge on any atom is -0.493 e. The molecule has 0 bridgehead atoms. The fourth-order valence-electron chi connectivity index (χ4n) is 4.03. The van der Waals surface area contributed by atoms with Crippen molar-refractivity contribution in [2.45, 2.75) is 18.9 Å². The van der Waals surface area contributed by atoms with Crippen LogP contribution in [0.5, 0.6) is 17.2 Å². The Kier molecular flexibility index (Phi) is 5.01. The van der Waals surface area contributed by atoms with Gasteiger partial charge in [-0.05, 0) is 53.8 Å². The first kappa shape index (κ1) is 18.6. The van der Waals surface area contributed by atoms with Crippen molar-refractivity contribution in [2.75, 3.05) is 19.8 Å². The molecule has 1 amide bonds. The summed E-state index contributed by atoms with van der Waals surface area (Å²) in [4.78, 5) is 13.3. The van der Waals surface area contributed by atoms with E-state index in [2.05, 4.69) is 11.4 Å². The van der Waals surface area contributed by atoms with Gasteiger partial charge < -0.3 is 19.5 Å². The number of amides is 1. The molecule has 30 heavy (non-hydrogen) atoms. The average molecular weight is 401 g/mol. The molecule has 0 spiro atoms. The molecule has 0 aromatic heterocycles. The number of carbonyl (C=O) groups is 1. The molecule has 1 N–H and O–H groups in total. The first-order valence-corrected chi connectivity index (χ1v) is 10.3. The highest BCUT2D eigenvalue weighted by Gasteiger charge is 2.24. The van der Waals surface area contributed by atoms with E-state index in [1.54, 1.807) is 6.07 Å². The van der Waals surface area contributed by atoms with Crippen LogP contribution in [0.2, 0.25) is 0 Å². The summed E-state index contributed by atoms with van der Waals surface area (Å²) >= 11 is 0. The van der Waals surface area contributed by atoms with Crippen LogP contribution in [0.1, 0.15) is 39.5 Å². The Morgan fingerprint density at radius 1 is 0.800 bits per heavy atom. The van der Waals surface area contributed by atoms with Crippen LogP contribution in [0.25, 0.3) is 0 Å². The van der Waals surface area contributed by atoms with Crippen molar-refractivity contribution in [1.82, 2.24) is 5.32 Å². The maximum Gasteiger partial charge on any atom is 0.255 e. The summed E-state index contributed by atoms with van der Waals surface area (Å²) in [6.45, 7) is 1.68. The third-order valence-electron chi connectivity index (χ3n) is 5.49. The lowest BCUT2D eigenvalue weighted by Gasteiger charge is -2.25. The van der Waals surface area contributed by atoms with Gasteiger partial charge in [0.05, 0.1) is 18.2 Å². The highest BCUT2D eigenvalue weighted by Crippen LogP contribution is 2.35. The van der Waals surface area contributed by atoms with Crippen LogP contribution in [0.3, 0.4) is 0 Å². The summed E-state index contributed by atoms with van der Waals surface area (Å²) in [5.74, 6) is 1.86. The highest BCUT2D eigenvalue weighted by molar-refractivity contribution is 5.98. The van der Waals surface area contributed by atoms with Crippen molar-refractivity contribution in [1.29, 1.82) is 0 Å². The monoisotopic (exact) mass is 401 g/mol. The lowest BCUT2D eigenvalue weighted by molar-refractivity contribution is 0.0932. The molecule has 152 valence electrons. The fourth-order valence-corrected chi connectivity index (χ4v) is 4.03. The smallest absolute Gasteiger partial charge is 0.255 e. The molecule has 5 rings (SSSR count). The molecule has 2 aliphatic rings. The van der Waals surface area contributed by atoms with Gasteiger partial charge in [0.1, 0.15) is 19.0 Å². The standard InChI is InChI=1S/C25H23NO4/c27-25(20-9-4-10-22-24(20)30-15-14-29-22)26-23(17-6-2-1-3-7-17)19-11-12-21-18(16-19)8-5-13-28-21/h1-4,6-7,9-12,16,23H,5,8,13-15H2,(H,26,27). The van der Waals surface area contributed by atoms with Gasteiger partial charge in [-0.3, -0.25) is 4.79 Å². The minimum absolute atomic E-state index is 0.194. The molecule has 0 radical (unpaired) electrons. The van der Waals surface area contributed by atoms with Gasteiger partial charge in [-0.1, -0.05) is 42.5 Å². The molecule has 0 saturated carbocycles. The summed E-state index contributed by atoms with van der Waals surface area (Å²) in [6.07, 6.45) is 1.99. The first-order chi connectivity index (χ1) is 14.8. The van der Waals surface area contributed by atoms with Gasteiger partial charge in [-0.25, -0.2) is 0 Å². The number of carbonyl (C=O) groups excluding carboxylic acids is 1. The second-order valence-electron chi connectivity index (χ2n) is 7.47. The lowest BCUT2D eigenvalue weighted by atomic mass is 9.94. The molecule has 1 atom stereocenters. The van der Waals surface area contributed by atoms with Crippen molar-refractivity contribution >= 4 is 5.91 Å². The zero-order chi connectivity index (χ0) is 20.3. The second-order valence-corrected chi connectivity index (χ2v) is 7.47. The molecule has 0 aliphatic carbocycles. The molecule has 5 nitrogen and oxygen atoms in total. The Bertz CT molecular complexity index is 1060. The number of hydrogen-bond acceptors (Lipinski definition) is 4. The van der Waals surface area contributed by atoms with E-state index in [1.807, 2.05) is 54.6 Å². The topological polar surface area (TPSA) is 56.8 Å². The molecule has 2 heterocycles. The zero-order valence-electron chi connectivity index (χ0n) is 16.6. The van der Waals surface area contributed by atoms with E-state index in [9.17, 15) is 4.79 Å². The summed E-state index contributed by atoms with van der Waals surface area (Å²) in [5, 5.41) is 3.21. The van der Waals surface area contributed by atoms with Crippen molar-refractivity contribution in [2.24, 2.45) is 0 Å². The lowest BCUT2D eigenvalue weighted by Crippen LogP contribution is -2.30. The van der Waals surface area contributed by atoms with Crippen LogP contribution in [-0.4, -0.2) is 25.7 Å². The maximum absolute atomic E-state index is 13.3. The van der Waals surface area contributed by atoms with E-state index in [-0.39, 0.29) is 11.9 Å². The largest absolute Gasteiger partial charge is 0.493 e. The van der Waals surface area contributed by atoms with Crippen molar-refractivity contribution in [3.8, 4) is 17.2 Å². The summed E-state index contributed by atoms with van der Waals surface area (Å²) in [5.41, 5.74) is 3.71. The van der Waals surface area contributed by atoms with Gasteiger partial charge in [-0.2, -0.15) is 0 Å². The van der Waals surface area contributed by atoms with Gasteiger partial charge in [-0.15, -0.1) is 0 Å². The van der Waals surface area contributed by atoms with Crippen molar-refractivity contribution < 1.29 is 19.0 Å². The molecular formula is C25H23NO4. The SMILES string of the molecule is O=C(NC(c1ccccc1)c1ccc2c(c1)CCCO2)c1cccc2c1OCCO2. The number of rotatable bonds is 4. The van der Waals surface area contributed by atoms with Crippen LogP contribution >= 0.6 is 0 Å². The normalized spacial score (nSPS) is 15.5.